The Kier molecular flexibility index (Phi) is 14.9. The first-order valence-corrected chi connectivity index (χ1v) is 16.6. The van der Waals surface area contributed by atoms with E-state index in [1.165, 1.54) is 0 Å². The maximum absolute atomic E-state index is 13.8. The number of nitrogens with one attached hydrogen (secondary N) is 1. The van der Waals surface area contributed by atoms with Gasteiger partial charge in [0.1, 0.15) is 35.2 Å². The van der Waals surface area contributed by atoms with Crippen LogP contribution >= 0.6 is 0 Å². The van der Waals surface area contributed by atoms with Gasteiger partial charge in [0.15, 0.2) is 0 Å². The molecule has 1 heterocycles. The maximum Gasteiger partial charge on any atom is 0.437 e. The van der Waals surface area contributed by atoms with Gasteiger partial charge in [-0.05, 0) is 92.9 Å². The highest BCUT2D eigenvalue weighted by Crippen LogP contribution is 2.17. The summed E-state index contributed by atoms with van der Waals surface area (Å²) in [7, 11) is 0. The van der Waals surface area contributed by atoms with E-state index in [0.29, 0.717) is 32.8 Å². The Morgan fingerprint density at radius 1 is 0.918 bits per heavy atom. The fourth-order valence-corrected chi connectivity index (χ4v) is 4.67. The minimum atomic E-state index is -0.966. The average Bonchev–Trinajstić information content (AvgIpc) is 2.95. The van der Waals surface area contributed by atoms with Crippen molar-refractivity contribution in [3.05, 3.63) is 42.5 Å². The van der Waals surface area contributed by atoms with Crippen LogP contribution < -0.4 is 15.8 Å². The summed E-state index contributed by atoms with van der Waals surface area (Å²) in [5.74, 6) is 0.0878. The van der Waals surface area contributed by atoms with E-state index in [9.17, 15) is 19.2 Å². The summed E-state index contributed by atoms with van der Waals surface area (Å²) in [6, 6.07) is 6.93. The van der Waals surface area contributed by atoms with Gasteiger partial charge in [-0.2, -0.15) is 0 Å². The lowest BCUT2D eigenvalue weighted by atomic mass is 10.1. The number of hydrogen-bond donors (Lipinski definition) is 2. The van der Waals surface area contributed by atoms with Crippen LogP contribution in [0.5, 0.6) is 5.75 Å². The lowest BCUT2D eigenvalue weighted by Crippen LogP contribution is -2.55. The molecular weight excluding hydrogens is 632 g/mol. The number of guanidine groups is 1. The molecule has 3 N–H and O–H groups in total. The minimum absolute atomic E-state index is 0.0575. The molecule has 0 bridgehead atoms. The summed E-state index contributed by atoms with van der Waals surface area (Å²) >= 11 is 0. The summed E-state index contributed by atoms with van der Waals surface area (Å²) in [5, 5.41) is 2.72. The third-order valence-electron chi connectivity index (χ3n) is 6.73. The van der Waals surface area contributed by atoms with Crippen molar-refractivity contribution in [1.82, 2.24) is 20.0 Å². The molecule has 0 spiro atoms. The third-order valence-corrected chi connectivity index (χ3v) is 6.73. The number of piperazine rings is 1. The van der Waals surface area contributed by atoms with Gasteiger partial charge in [0.2, 0.25) is 11.9 Å². The van der Waals surface area contributed by atoms with Crippen LogP contribution in [-0.2, 0) is 25.5 Å². The van der Waals surface area contributed by atoms with E-state index in [-0.39, 0.29) is 25.3 Å². The number of nitrogens with zero attached hydrogens (tertiary/aromatic N) is 4. The molecule has 14 nitrogen and oxygen atoms in total. The highest BCUT2D eigenvalue weighted by molar-refractivity contribution is 5.98. The molecule has 1 aromatic rings. The molecule has 274 valence electrons. The van der Waals surface area contributed by atoms with Crippen LogP contribution in [0.4, 0.5) is 14.4 Å². The first-order chi connectivity index (χ1) is 22.7. The zero-order valence-corrected chi connectivity index (χ0v) is 30.7. The van der Waals surface area contributed by atoms with Crippen LogP contribution in [0, 0.1) is 0 Å². The third kappa shape index (κ3) is 16.1. The first kappa shape index (κ1) is 40.8. The van der Waals surface area contributed by atoms with Crippen LogP contribution in [0.15, 0.2) is 41.9 Å². The molecule has 1 saturated heterocycles. The lowest BCUT2D eigenvalue weighted by Gasteiger charge is -2.36. The summed E-state index contributed by atoms with van der Waals surface area (Å²) in [6.07, 6.45) is -0.497. The van der Waals surface area contributed by atoms with Crippen molar-refractivity contribution in [3.8, 4) is 5.75 Å². The molecule has 2 rings (SSSR count). The smallest absolute Gasteiger partial charge is 0.437 e. The number of nitrogens with two attached hydrogens (primary N) is 1. The summed E-state index contributed by atoms with van der Waals surface area (Å²) in [6.45, 7) is 22.3. The summed E-state index contributed by atoms with van der Waals surface area (Å²) in [4.78, 5) is 60.8. The molecule has 0 aliphatic carbocycles. The Hall–Kier alpha value is -4.33. The van der Waals surface area contributed by atoms with Crippen LogP contribution in [0.1, 0.15) is 80.7 Å². The van der Waals surface area contributed by atoms with Gasteiger partial charge in [-0.25, -0.2) is 19.3 Å². The molecule has 1 atom stereocenters. The summed E-state index contributed by atoms with van der Waals surface area (Å²) in [5.41, 5.74) is 4.76. The Bertz CT molecular complexity index is 1300. The molecule has 0 aromatic heterocycles. The molecule has 1 fully saturated rings. The van der Waals surface area contributed by atoms with Gasteiger partial charge in [0.25, 0.3) is 0 Å². The van der Waals surface area contributed by atoms with Gasteiger partial charge < -0.3 is 34.9 Å². The highest BCUT2D eigenvalue weighted by atomic mass is 16.6. The SMILES string of the molecule is C=CCOc1ccc(CN2CCN(C(=O)C(CCCN(C(=O)OC(C)(C)C)/C(N)=N/C(=O)OC(C)(C)C)NC(=O)OC(C)(C)C)CC2)cc1. The van der Waals surface area contributed by atoms with E-state index in [1.807, 2.05) is 24.3 Å². The standard InChI is InChI=1S/C35H56N6O8/c1-11-23-46-26-16-14-25(15-17-26)24-39-19-21-40(22-20-39)28(42)27(37-30(43)47-33(2,3)4)13-12-18-41(32(45)49-35(8,9)10)29(36)38-31(44)48-34(5,6)7/h11,14-17,27H,1,12-13,18-24H2,2-10H3,(H,37,43)(H2,36,38,44). The molecular formula is C35H56N6O8. The van der Waals surface area contributed by atoms with E-state index in [2.05, 4.69) is 21.8 Å². The second kappa shape index (κ2) is 17.9. The topological polar surface area (TPSA) is 165 Å². The average molecular weight is 689 g/mol. The van der Waals surface area contributed by atoms with Crippen LogP contribution in [0.3, 0.4) is 0 Å². The van der Waals surface area contributed by atoms with E-state index in [0.717, 1.165) is 22.8 Å². The van der Waals surface area contributed by atoms with Gasteiger partial charge in [0.05, 0.1) is 0 Å². The largest absolute Gasteiger partial charge is 0.490 e. The lowest BCUT2D eigenvalue weighted by molar-refractivity contribution is -0.135. The quantitative estimate of drug-likeness (QED) is 0.139. The number of benzene rings is 1. The molecule has 14 heteroatoms. The van der Waals surface area contributed by atoms with E-state index in [4.69, 9.17) is 24.7 Å². The second-order valence-corrected chi connectivity index (χ2v) is 14.8. The number of hydrogen-bond acceptors (Lipinski definition) is 9. The van der Waals surface area contributed by atoms with Crippen molar-refractivity contribution in [3.63, 3.8) is 0 Å². The van der Waals surface area contributed by atoms with E-state index >= 15 is 0 Å². The highest BCUT2D eigenvalue weighted by Gasteiger charge is 2.32. The van der Waals surface area contributed by atoms with Crippen molar-refractivity contribution in [2.75, 3.05) is 39.3 Å². The predicted molar refractivity (Wildman–Crippen MR) is 187 cm³/mol. The number of carbonyl (C=O) groups excluding carboxylic acids is 4. The Balaban J connectivity index is 2.13. The van der Waals surface area contributed by atoms with Gasteiger partial charge in [-0.15, -0.1) is 4.99 Å². The van der Waals surface area contributed by atoms with Crippen molar-refractivity contribution >= 4 is 30.1 Å². The van der Waals surface area contributed by atoms with Crippen LogP contribution in [0.2, 0.25) is 0 Å². The van der Waals surface area contributed by atoms with Crippen molar-refractivity contribution < 1.29 is 38.1 Å². The Morgan fingerprint density at radius 3 is 2.02 bits per heavy atom. The van der Waals surface area contributed by atoms with Gasteiger partial charge in [-0.1, -0.05) is 24.8 Å². The van der Waals surface area contributed by atoms with Crippen LogP contribution in [0.25, 0.3) is 0 Å². The fraction of sp³-hybridized carbons (Fsp3) is 0.629. The number of aliphatic imine (C=N–C) groups is 1. The molecule has 0 saturated carbocycles. The summed E-state index contributed by atoms with van der Waals surface area (Å²) < 4.78 is 21.7. The van der Waals surface area contributed by atoms with Crippen molar-refractivity contribution in [2.24, 2.45) is 10.7 Å². The zero-order chi connectivity index (χ0) is 37.0. The predicted octanol–water partition coefficient (Wildman–Crippen LogP) is 5.06. The molecule has 4 amide bonds. The number of ether oxygens (including phenoxy) is 4. The molecule has 49 heavy (non-hydrogen) atoms. The molecule has 1 aliphatic rings. The first-order valence-electron chi connectivity index (χ1n) is 16.6. The molecule has 0 radical (unpaired) electrons. The molecule has 1 aliphatic heterocycles. The normalized spacial score (nSPS) is 15.1. The monoisotopic (exact) mass is 688 g/mol. The van der Waals surface area contributed by atoms with Crippen LogP contribution in [-0.4, -0.2) is 107 Å². The van der Waals surface area contributed by atoms with Gasteiger partial charge in [0, 0.05) is 39.3 Å². The maximum atomic E-state index is 13.8. The number of rotatable bonds is 11. The van der Waals surface area contributed by atoms with Crippen molar-refractivity contribution in [2.45, 2.75) is 105 Å². The fourth-order valence-electron chi connectivity index (χ4n) is 4.67. The van der Waals surface area contributed by atoms with Gasteiger partial charge in [-0.3, -0.25) is 9.69 Å². The van der Waals surface area contributed by atoms with E-state index in [1.54, 1.807) is 73.3 Å². The Morgan fingerprint density at radius 2 is 1.49 bits per heavy atom. The second-order valence-electron chi connectivity index (χ2n) is 14.8. The molecule has 1 unspecified atom stereocenters. The molecule has 1 aromatic carbocycles. The van der Waals surface area contributed by atoms with E-state index < -0.39 is 47.1 Å². The number of amides is 4. The van der Waals surface area contributed by atoms with Gasteiger partial charge >= 0.3 is 18.3 Å². The number of alkyl carbamates (subject to hydrolysis) is 1. The van der Waals surface area contributed by atoms with Crippen molar-refractivity contribution in [1.29, 1.82) is 0 Å². The Labute approximate surface area is 290 Å². The zero-order valence-electron chi connectivity index (χ0n) is 30.7. The number of carbonyl (C=O) groups is 4. The minimum Gasteiger partial charge on any atom is -0.490 e.